The van der Waals surface area contributed by atoms with Crippen molar-refractivity contribution in [3.8, 4) is 5.75 Å². The van der Waals surface area contributed by atoms with Crippen LogP contribution in [0.5, 0.6) is 5.75 Å². The van der Waals surface area contributed by atoms with Crippen molar-refractivity contribution >= 4 is 16.9 Å². The smallest absolute Gasteiger partial charge is 0.354 e. The van der Waals surface area contributed by atoms with E-state index in [0.29, 0.717) is 5.69 Å². The van der Waals surface area contributed by atoms with Crippen molar-refractivity contribution in [3.63, 3.8) is 0 Å². The molecule has 1 aromatic carbocycles. The van der Waals surface area contributed by atoms with Gasteiger partial charge in [0.2, 0.25) is 0 Å². The Hall–Kier alpha value is -1.97. The Morgan fingerprint density at radius 1 is 1.33 bits per heavy atom. The predicted octanol–water partition coefficient (Wildman–Crippen LogP) is 2.75. The molecule has 0 bridgehead atoms. The first-order valence-corrected chi connectivity index (χ1v) is 5.88. The van der Waals surface area contributed by atoms with E-state index in [1.807, 2.05) is 43.7 Å². The van der Waals surface area contributed by atoms with Crippen molar-refractivity contribution in [2.24, 2.45) is 7.05 Å². The minimum atomic E-state index is -0.343. The maximum Gasteiger partial charge on any atom is 0.354 e. The topological polar surface area (TPSA) is 40.5 Å². The summed E-state index contributed by atoms with van der Waals surface area (Å²) >= 11 is 0. The zero-order valence-corrected chi connectivity index (χ0v) is 11.1. The van der Waals surface area contributed by atoms with Gasteiger partial charge in [0.05, 0.1) is 18.7 Å². The summed E-state index contributed by atoms with van der Waals surface area (Å²) in [6.07, 6.45) is 0.0948. The van der Waals surface area contributed by atoms with Crippen molar-refractivity contribution in [3.05, 3.63) is 30.0 Å². The second-order valence-electron chi connectivity index (χ2n) is 4.44. The standard InChI is InChI=1S/C14H17NO3/c1-9(2)18-13-7-5-6-11-10(13)8-12(15(11)3)14(16)17-4/h5-9H,1-4H3. The monoisotopic (exact) mass is 247 g/mol. The number of esters is 1. The molecule has 2 aromatic rings. The van der Waals surface area contributed by atoms with Gasteiger partial charge in [-0.05, 0) is 32.0 Å². The Bertz CT molecular complexity index is 584. The Balaban J connectivity index is 2.60. The molecule has 1 heterocycles. The van der Waals surface area contributed by atoms with Gasteiger partial charge >= 0.3 is 5.97 Å². The van der Waals surface area contributed by atoms with Crippen LogP contribution in [-0.2, 0) is 11.8 Å². The van der Waals surface area contributed by atoms with Gasteiger partial charge in [-0.2, -0.15) is 0 Å². The molecule has 1 aromatic heterocycles. The highest BCUT2D eigenvalue weighted by Crippen LogP contribution is 2.29. The molecule has 0 aliphatic rings. The van der Waals surface area contributed by atoms with E-state index in [1.54, 1.807) is 6.07 Å². The van der Waals surface area contributed by atoms with E-state index in [0.717, 1.165) is 16.7 Å². The number of carbonyl (C=O) groups excluding carboxylic acids is 1. The summed E-state index contributed by atoms with van der Waals surface area (Å²) in [5.41, 5.74) is 1.47. The first kappa shape index (κ1) is 12.5. The molecule has 0 atom stereocenters. The first-order chi connectivity index (χ1) is 8.54. The average molecular weight is 247 g/mol. The molecule has 4 heteroatoms. The third-order valence-corrected chi connectivity index (χ3v) is 2.80. The van der Waals surface area contributed by atoms with Gasteiger partial charge in [0, 0.05) is 12.4 Å². The Labute approximate surface area is 106 Å². The summed E-state index contributed by atoms with van der Waals surface area (Å²) in [6, 6.07) is 7.58. The highest BCUT2D eigenvalue weighted by molar-refractivity contribution is 5.97. The third kappa shape index (κ3) is 2.06. The molecule has 0 radical (unpaired) electrons. The molecule has 0 unspecified atom stereocenters. The summed E-state index contributed by atoms with van der Waals surface area (Å²) in [7, 11) is 3.22. The second kappa shape index (κ2) is 4.72. The number of hydrogen-bond acceptors (Lipinski definition) is 3. The number of rotatable bonds is 3. The van der Waals surface area contributed by atoms with E-state index in [9.17, 15) is 4.79 Å². The summed E-state index contributed by atoms with van der Waals surface area (Å²) in [5, 5.41) is 0.925. The molecule has 0 saturated carbocycles. The Kier molecular flexibility index (Phi) is 3.28. The molecule has 0 N–H and O–H groups in total. The highest BCUT2D eigenvalue weighted by atomic mass is 16.5. The van der Waals surface area contributed by atoms with E-state index < -0.39 is 0 Å². The van der Waals surface area contributed by atoms with Crippen LogP contribution in [0.25, 0.3) is 10.9 Å². The van der Waals surface area contributed by atoms with E-state index in [2.05, 4.69) is 0 Å². The maximum atomic E-state index is 11.7. The lowest BCUT2D eigenvalue weighted by Crippen LogP contribution is -2.06. The van der Waals surface area contributed by atoms with Crippen molar-refractivity contribution in [1.29, 1.82) is 0 Å². The van der Waals surface area contributed by atoms with Crippen molar-refractivity contribution in [2.75, 3.05) is 7.11 Å². The Morgan fingerprint density at radius 3 is 2.67 bits per heavy atom. The first-order valence-electron chi connectivity index (χ1n) is 5.88. The number of aromatic nitrogens is 1. The van der Waals surface area contributed by atoms with Crippen LogP contribution in [0.1, 0.15) is 24.3 Å². The molecule has 0 aliphatic carbocycles. The lowest BCUT2D eigenvalue weighted by Gasteiger charge is -2.10. The third-order valence-electron chi connectivity index (χ3n) is 2.80. The zero-order valence-electron chi connectivity index (χ0n) is 11.1. The summed E-state index contributed by atoms with van der Waals surface area (Å²) in [5.74, 6) is 0.442. The molecule has 0 fully saturated rings. The van der Waals surface area contributed by atoms with Gasteiger partial charge < -0.3 is 14.0 Å². The van der Waals surface area contributed by atoms with E-state index in [1.165, 1.54) is 7.11 Å². The fraction of sp³-hybridized carbons (Fsp3) is 0.357. The van der Waals surface area contributed by atoms with Gasteiger partial charge in [-0.15, -0.1) is 0 Å². The number of carbonyl (C=O) groups is 1. The number of nitrogens with zero attached hydrogens (tertiary/aromatic N) is 1. The van der Waals surface area contributed by atoms with Gasteiger partial charge in [-0.25, -0.2) is 4.79 Å². The molecular weight excluding hydrogens is 230 g/mol. The number of aryl methyl sites for hydroxylation is 1. The van der Waals surface area contributed by atoms with Crippen LogP contribution in [0.4, 0.5) is 0 Å². The zero-order chi connectivity index (χ0) is 13.3. The van der Waals surface area contributed by atoms with E-state index in [4.69, 9.17) is 9.47 Å². The SMILES string of the molecule is COC(=O)c1cc2c(OC(C)C)cccc2n1C. The van der Waals surface area contributed by atoms with Crippen LogP contribution < -0.4 is 4.74 Å². The molecule has 4 nitrogen and oxygen atoms in total. The highest BCUT2D eigenvalue weighted by Gasteiger charge is 2.16. The lowest BCUT2D eigenvalue weighted by molar-refractivity contribution is 0.0590. The van der Waals surface area contributed by atoms with Crippen molar-refractivity contribution in [1.82, 2.24) is 4.57 Å². The minimum absolute atomic E-state index is 0.0948. The second-order valence-corrected chi connectivity index (χ2v) is 4.44. The van der Waals surface area contributed by atoms with Gasteiger partial charge in [-0.1, -0.05) is 6.07 Å². The molecule has 0 amide bonds. The minimum Gasteiger partial charge on any atom is -0.490 e. The molecule has 2 rings (SSSR count). The van der Waals surface area contributed by atoms with Gasteiger partial charge in [-0.3, -0.25) is 0 Å². The number of hydrogen-bond donors (Lipinski definition) is 0. The largest absolute Gasteiger partial charge is 0.490 e. The van der Waals surface area contributed by atoms with Crippen LogP contribution >= 0.6 is 0 Å². The molecule has 0 aliphatic heterocycles. The number of ether oxygens (including phenoxy) is 2. The maximum absolute atomic E-state index is 11.7. The van der Waals surface area contributed by atoms with E-state index >= 15 is 0 Å². The van der Waals surface area contributed by atoms with Gasteiger partial charge in [0.25, 0.3) is 0 Å². The van der Waals surface area contributed by atoms with Gasteiger partial charge in [0.15, 0.2) is 0 Å². The quantitative estimate of drug-likeness (QED) is 0.783. The molecule has 0 spiro atoms. The van der Waals surface area contributed by atoms with Crippen LogP contribution in [0.3, 0.4) is 0 Å². The summed E-state index contributed by atoms with van der Waals surface area (Å²) < 4.78 is 12.3. The number of methoxy groups -OCH3 is 1. The predicted molar refractivity (Wildman–Crippen MR) is 70.0 cm³/mol. The Morgan fingerprint density at radius 2 is 2.06 bits per heavy atom. The number of benzene rings is 1. The molecular formula is C14H17NO3. The fourth-order valence-corrected chi connectivity index (χ4v) is 1.99. The normalized spacial score (nSPS) is 10.9. The fourth-order valence-electron chi connectivity index (χ4n) is 1.99. The van der Waals surface area contributed by atoms with Crippen molar-refractivity contribution in [2.45, 2.75) is 20.0 Å². The van der Waals surface area contributed by atoms with Crippen LogP contribution in [0.2, 0.25) is 0 Å². The summed E-state index contributed by atoms with van der Waals surface area (Å²) in [4.78, 5) is 11.7. The molecule has 96 valence electrons. The van der Waals surface area contributed by atoms with Crippen LogP contribution in [-0.4, -0.2) is 23.8 Å². The number of fused-ring (bicyclic) bond motifs is 1. The molecule has 0 saturated heterocycles. The van der Waals surface area contributed by atoms with Crippen LogP contribution in [0.15, 0.2) is 24.3 Å². The lowest BCUT2D eigenvalue weighted by atomic mass is 10.2. The van der Waals surface area contributed by atoms with Gasteiger partial charge in [0.1, 0.15) is 11.4 Å². The average Bonchev–Trinajstić information content (AvgIpc) is 2.67. The summed E-state index contributed by atoms with van der Waals surface area (Å²) in [6.45, 7) is 3.95. The molecule has 18 heavy (non-hydrogen) atoms. The van der Waals surface area contributed by atoms with Crippen LogP contribution in [0, 0.1) is 0 Å². The van der Waals surface area contributed by atoms with E-state index in [-0.39, 0.29) is 12.1 Å². The van der Waals surface area contributed by atoms with Crippen molar-refractivity contribution < 1.29 is 14.3 Å².